The van der Waals surface area contributed by atoms with Crippen molar-refractivity contribution in [3.63, 3.8) is 0 Å². The Bertz CT molecular complexity index is 642. The molecule has 6 nitrogen and oxygen atoms in total. The molecule has 1 aromatic carbocycles. The molecule has 1 aliphatic heterocycles. The van der Waals surface area contributed by atoms with Crippen molar-refractivity contribution in [3.05, 3.63) is 48.0 Å². The summed E-state index contributed by atoms with van der Waals surface area (Å²) in [7, 11) is 0. The van der Waals surface area contributed by atoms with E-state index in [2.05, 4.69) is 10.6 Å². The smallest absolute Gasteiger partial charge is 0.330 e. The van der Waals surface area contributed by atoms with E-state index in [9.17, 15) is 14.4 Å². The highest BCUT2D eigenvalue weighted by Crippen LogP contribution is 2.17. The fourth-order valence-corrected chi connectivity index (χ4v) is 2.93. The molecule has 0 spiro atoms. The Kier molecular flexibility index (Phi) is 7.86. The lowest BCUT2D eigenvalue weighted by molar-refractivity contribution is -0.137. The number of rotatable bonds is 9. The van der Waals surface area contributed by atoms with Gasteiger partial charge in [0.05, 0.1) is 6.61 Å². The molecular formula is C20H26N2O4. The summed E-state index contributed by atoms with van der Waals surface area (Å²) >= 11 is 0. The second-order valence-corrected chi connectivity index (χ2v) is 6.28. The van der Waals surface area contributed by atoms with Gasteiger partial charge in [0.15, 0.2) is 0 Å². The fourth-order valence-electron chi connectivity index (χ4n) is 2.93. The van der Waals surface area contributed by atoms with Crippen LogP contribution in [0.1, 0.15) is 31.7 Å². The van der Waals surface area contributed by atoms with Gasteiger partial charge < -0.3 is 15.4 Å². The summed E-state index contributed by atoms with van der Waals surface area (Å²) in [5.74, 6) is -0.711. The van der Waals surface area contributed by atoms with E-state index in [1.165, 1.54) is 6.08 Å². The van der Waals surface area contributed by atoms with Crippen molar-refractivity contribution in [1.82, 2.24) is 10.6 Å². The number of carbonyl (C=O) groups excluding carboxylic acids is 3. The molecule has 0 saturated carbocycles. The normalized spacial score (nSPS) is 17.7. The number of ether oxygens (including phenoxy) is 1. The zero-order valence-electron chi connectivity index (χ0n) is 15.1. The van der Waals surface area contributed by atoms with Gasteiger partial charge in [-0.1, -0.05) is 36.4 Å². The van der Waals surface area contributed by atoms with Gasteiger partial charge in [-0.3, -0.25) is 9.59 Å². The minimum Gasteiger partial charge on any atom is -0.463 e. The molecule has 0 aliphatic carbocycles. The lowest BCUT2D eigenvalue weighted by atomic mass is 9.97. The standard InChI is InChI=1S/C20H26N2O4/c1-2-26-19(24)11-9-17(14-16-12-13-21-20(16)25)22-18(23)10-8-15-6-4-3-5-7-15/h3-7,9,11,16-17H,2,8,10,12-14H2,1H3,(H,21,25)(H,22,23)/b11-9-/t16-,17+/m0/s1. The molecule has 0 radical (unpaired) electrons. The lowest BCUT2D eigenvalue weighted by Crippen LogP contribution is -2.36. The Morgan fingerprint density at radius 2 is 2.12 bits per heavy atom. The van der Waals surface area contributed by atoms with Crippen LogP contribution in [0.5, 0.6) is 0 Å². The monoisotopic (exact) mass is 358 g/mol. The highest BCUT2D eigenvalue weighted by Gasteiger charge is 2.27. The first-order valence-corrected chi connectivity index (χ1v) is 9.04. The minimum absolute atomic E-state index is 0.00179. The Hall–Kier alpha value is -2.63. The summed E-state index contributed by atoms with van der Waals surface area (Å²) in [5, 5.41) is 5.71. The van der Waals surface area contributed by atoms with Gasteiger partial charge in [0.1, 0.15) is 0 Å². The van der Waals surface area contributed by atoms with Gasteiger partial charge >= 0.3 is 5.97 Å². The van der Waals surface area contributed by atoms with Crippen LogP contribution in [0.3, 0.4) is 0 Å². The number of carbonyl (C=O) groups is 3. The minimum atomic E-state index is -0.452. The summed E-state index contributed by atoms with van der Waals surface area (Å²) in [6.45, 7) is 2.68. The van der Waals surface area contributed by atoms with Crippen molar-refractivity contribution in [2.45, 2.75) is 38.6 Å². The molecule has 2 amide bonds. The SMILES string of the molecule is CCOC(=O)/C=C\[C@H](C[C@@H]1CCNC1=O)NC(=O)CCc1ccccc1. The van der Waals surface area contributed by atoms with Gasteiger partial charge in [0.25, 0.3) is 0 Å². The molecule has 6 heteroatoms. The van der Waals surface area contributed by atoms with Gasteiger partial charge in [-0.2, -0.15) is 0 Å². The lowest BCUT2D eigenvalue weighted by Gasteiger charge is -2.18. The molecule has 1 saturated heterocycles. The average molecular weight is 358 g/mol. The fraction of sp³-hybridized carbons (Fsp3) is 0.450. The van der Waals surface area contributed by atoms with E-state index in [1.54, 1.807) is 13.0 Å². The Balaban J connectivity index is 1.91. The highest BCUT2D eigenvalue weighted by atomic mass is 16.5. The summed E-state index contributed by atoms with van der Waals surface area (Å²) < 4.78 is 4.88. The van der Waals surface area contributed by atoms with Crippen LogP contribution in [-0.4, -0.2) is 37.0 Å². The van der Waals surface area contributed by atoms with E-state index >= 15 is 0 Å². The van der Waals surface area contributed by atoms with E-state index < -0.39 is 5.97 Å². The third kappa shape index (κ3) is 6.70. The first-order valence-electron chi connectivity index (χ1n) is 9.04. The third-order valence-electron chi connectivity index (χ3n) is 4.28. The molecule has 1 aromatic rings. The van der Waals surface area contributed by atoms with E-state index in [0.29, 0.717) is 32.4 Å². The average Bonchev–Trinajstić information content (AvgIpc) is 3.04. The summed E-state index contributed by atoms with van der Waals surface area (Å²) in [6, 6.07) is 9.40. The number of hydrogen-bond donors (Lipinski definition) is 2. The summed E-state index contributed by atoms with van der Waals surface area (Å²) in [5.41, 5.74) is 1.09. The molecule has 26 heavy (non-hydrogen) atoms. The number of nitrogens with one attached hydrogen (secondary N) is 2. The van der Waals surface area contributed by atoms with Crippen molar-refractivity contribution >= 4 is 17.8 Å². The van der Waals surface area contributed by atoms with Gasteiger partial charge in [-0.15, -0.1) is 0 Å². The van der Waals surface area contributed by atoms with Crippen molar-refractivity contribution in [1.29, 1.82) is 0 Å². The predicted octanol–water partition coefficient (Wildman–Crippen LogP) is 1.75. The third-order valence-corrected chi connectivity index (χ3v) is 4.28. The van der Waals surface area contributed by atoms with Crippen LogP contribution in [0.25, 0.3) is 0 Å². The number of aryl methyl sites for hydroxylation is 1. The molecule has 0 aromatic heterocycles. The second kappa shape index (κ2) is 10.4. The molecule has 0 bridgehead atoms. The topological polar surface area (TPSA) is 84.5 Å². The summed E-state index contributed by atoms with van der Waals surface area (Å²) in [4.78, 5) is 35.6. The first kappa shape index (κ1) is 19.7. The Morgan fingerprint density at radius 1 is 1.35 bits per heavy atom. The van der Waals surface area contributed by atoms with Gasteiger partial charge in [0, 0.05) is 31.0 Å². The molecule has 1 fully saturated rings. The molecule has 140 valence electrons. The van der Waals surface area contributed by atoms with Crippen LogP contribution < -0.4 is 10.6 Å². The van der Waals surface area contributed by atoms with Crippen LogP contribution in [-0.2, 0) is 25.5 Å². The van der Waals surface area contributed by atoms with E-state index in [1.807, 2.05) is 30.3 Å². The van der Waals surface area contributed by atoms with E-state index in [0.717, 1.165) is 12.0 Å². The summed E-state index contributed by atoms with van der Waals surface area (Å²) in [6.07, 6.45) is 5.14. The zero-order valence-corrected chi connectivity index (χ0v) is 15.1. The predicted molar refractivity (Wildman–Crippen MR) is 98.2 cm³/mol. The van der Waals surface area contributed by atoms with Gasteiger partial charge in [-0.05, 0) is 31.7 Å². The van der Waals surface area contributed by atoms with Crippen molar-refractivity contribution in [2.24, 2.45) is 5.92 Å². The van der Waals surface area contributed by atoms with Crippen LogP contribution in [0, 0.1) is 5.92 Å². The van der Waals surface area contributed by atoms with Gasteiger partial charge in [-0.25, -0.2) is 4.79 Å². The Labute approximate surface area is 154 Å². The molecule has 2 atom stereocenters. The van der Waals surface area contributed by atoms with Crippen LogP contribution in [0.15, 0.2) is 42.5 Å². The maximum Gasteiger partial charge on any atom is 0.330 e. The maximum absolute atomic E-state index is 12.3. The second-order valence-electron chi connectivity index (χ2n) is 6.28. The molecule has 1 heterocycles. The van der Waals surface area contributed by atoms with E-state index in [-0.39, 0.29) is 23.8 Å². The van der Waals surface area contributed by atoms with Crippen LogP contribution in [0.2, 0.25) is 0 Å². The van der Waals surface area contributed by atoms with Crippen molar-refractivity contribution in [2.75, 3.05) is 13.2 Å². The Morgan fingerprint density at radius 3 is 2.77 bits per heavy atom. The maximum atomic E-state index is 12.3. The highest BCUT2D eigenvalue weighted by molar-refractivity contribution is 5.83. The number of amides is 2. The number of hydrogen-bond acceptors (Lipinski definition) is 4. The molecule has 2 rings (SSSR count). The number of esters is 1. The zero-order chi connectivity index (χ0) is 18.8. The first-order chi connectivity index (χ1) is 12.6. The van der Waals surface area contributed by atoms with Crippen molar-refractivity contribution in [3.8, 4) is 0 Å². The van der Waals surface area contributed by atoms with Crippen LogP contribution in [0.4, 0.5) is 0 Å². The molecule has 2 N–H and O–H groups in total. The number of benzene rings is 1. The molecule has 0 unspecified atom stereocenters. The van der Waals surface area contributed by atoms with Crippen LogP contribution >= 0.6 is 0 Å². The quantitative estimate of drug-likeness (QED) is 0.520. The molecular weight excluding hydrogens is 332 g/mol. The molecule has 1 aliphatic rings. The van der Waals surface area contributed by atoms with Gasteiger partial charge in [0.2, 0.25) is 11.8 Å². The van der Waals surface area contributed by atoms with E-state index in [4.69, 9.17) is 4.74 Å². The van der Waals surface area contributed by atoms with Crippen molar-refractivity contribution < 1.29 is 19.1 Å². The largest absolute Gasteiger partial charge is 0.463 e.